The second-order valence-corrected chi connectivity index (χ2v) is 7.09. The quantitative estimate of drug-likeness (QED) is 0.921. The molecule has 2 unspecified atom stereocenters. The van der Waals surface area contributed by atoms with Crippen molar-refractivity contribution in [2.24, 2.45) is 0 Å². The standard InChI is InChI=1S/C14H21F2N3S/c1-4-5-17-13-11(15)6-12(16)14(18-13)19-7-9(2)20-10(3)8-19/h6,9-10H,4-5,7-8H2,1-3H3,(H,17,18). The maximum absolute atomic E-state index is 14.0. The molecule has 0 aliphatic carbocycles. The Hall–Kier alpha value is -1.04. The molecule has 1 N–H and O–H groups in total. The van der Waals surface area contributed by atoms with Gasteiger partial charge in [-0.25, -0.2) is 13.8 Å². The fourth-order valence-electron chi connectivity index (χ4n) is 2.40. The predicted molar refractivity (Wildman–Crippen MR) is 81.7 cm³/mol. The van der Waals surface area contributed by atoms with Crippen molar-refractivity contribution in [1.29, 1.82) is 0 Å². The van der Waals surface area contributed by atoms with Crippen molar-refractivity contribution >= 4 is 23.4 Å². The molecule has 2 heterocycles. The highest BCUT2D eigenvalue weighted by atomic mass is 32.2. The molecule has 0 spiro atoms. The van der Waals surface area contributed by atoms with Crippen molar-refractivity contribution in [1.82, 2.24) is 4.98 Å². The van der Waals surface area contributed by atoms with Gasteiger partial charge in [0.1, 0.15) is 0 Å². The molecule has 0 amide bonds. The van der Waals surface area contributed by atoms with E-state index in [0.29, 0.717) is 17.0 Å². The molecule has 1 aromatic rings. The van der Waals surface area contributed by atoms with E-state index >= 15 is 0 Å². The Morgan fingerprint density at radius 1 is 1.30 bits per heavy atom. The van der Waals surface area contributed by atoms with Gasteiger partial charge in [0.15, 0.2) is 23.3 Å². The number of hydrogen-bond acceptors (Lipinski definition) is 4. The van der Waals surface area contributed by atoms with Crippen molar-refractivity contribution in [3.05, 3.63) is 17.7 Å². The summed E-state index contributed by atoms with van der Waals surface area (Å²) in [6.07, 6.45) is 0.863. The highest BCUT2D eigenvalue weighted by Gasteiger charge is 2.26. The Bertz CT molecular complexity index is 460. The van der Waals surface area contributed by atoms with E-state index in [-0.39, 0.29) is 11.6 Å². The zero-order valence-electron chi connectivity index (χ0n) is 12.1. The van der Waals surface area contributed by atoms with Gasteiger partial charge in [0.05, 0.1) is 0 Å². The van der Waals surface area contributed by atoms with Crippen LogP contribution in [0.3, 0.4) is 0 Å². The number of nitrogens with one attached hydrogen (secondary N) is 1. The highest BCUT2D eigenvalue weighted by Crippen LogP contribution is 2.30. The van der Waals surface area contributed by atoms with Gasteiger partial charge in [0.2, 0.25) is 0 Å². The SMILES string of the molecule is CCCNc1nc(N2CC(C)SC(C)C2)c(F)cc1F. The molecule has 1 aliphatic rings. The fraction of sp³-hybridized carbons (Fsp3) is 0.643. The molecule has 6 heteroatoms. The normalized spacial score (nSPS) is 22.9. The second kappa shape index (κ2) is 6.61. The molecule has 0 bridgehead atoms. The summed E-state index contributed by atoms with van der Waals surface area (Å²) in [6.45, 7) is 8.31. The molecule has 20 heavy (non-hydrogen) atoms. The third-order valence-corrected chi connectivity index (χ3v) is 4.40. The summed E-state index contributed by atoms with van der Waals surface area (Å²) >= 11 is 1.89. The summed E-state index contributed by atoms with van der Waals surface area (Å²) in [4.78, 5) is 6.07. The van der Waals surface area contributed by atoms with Crippen LogP contribution in [0, 0.1) is 11.6 Å². The van der Waals surface area contributed by atoms with Gasteiger partial charge in [-0.3, -0.25) is 0 Å². The molecule has 1 aromatic heterocycles. The lowest BCUT2D eigenvalue weighted by molar-refractivity contribution is 0.566. The van der Waals surface area contributed by atoms with Crippen LogP contribution in [-0.4, -0.2) is 35.1 Å². The molecular formula is C14H21F2N3S. The lowest BCUT2D eigenvalue weighted by Crippen LogP contribution is -2.41. The van der Waals surface area contributed by atoms with Gasteiger partial charge in [-0.1, -0.05) is 20.8 Å². The van der Waals surface area contributed by atoms with E-state index in [1.165, 1.54) is 0 Å². The molecule has 1 aliphatic heterocycles. The highest BCUT2D eigenvalue weighted by molar-refractivity contribution is 8.00. The summed E-state index contributed by atoms with van der Waals surface area (Å²) in [5.41, 5.74) is 0. The first-order chi connectivity index (χ1) is 9.51. The third-order valence-electron chi connectivity index (χ3n) is 3.17. The first-order valence-electron chi connectivity index (χ1n) is 7.01. The van der Waals surface area contributed by atoms with Crippen LogP contribution in [0.15, 0.2) is 6.07 Å². The average molecular weight is 301 g/mol. The van der Waals surface area contributed by atoms with Crippen LogP contribution >= 0.6 is 11.8 Å². The summed E-state index contributed by atoms with van der Waals surface area (Å²) in [5, 5.41) is 3.73. The molecule has 0 saturated carbocycles. The Kier molecular flexibility index (Phi) is 5.07. The summed E-state index contributed by atoms with van der Waals surface area (Å²) < 4.78 is 27.7. The van der Waals surface area contributed by atoms with E-state index in [1.807, 2.05) is 23.6 Å². The summed E-state index contributed by atoms with van der Waals surface area (Å²) in [6, 6.07) is 0.928. The van der Waals surface area contributed by atoms with E-state index in [0.717, 1.165) is 25.6 Å². The predicted octanol–water partition coefficient (Wildman–Crippen LogP) is 3.51. The van der Waals surface area contributed by atoms with Crippen LogP contribution in [0.25, 0.3) is 0 Å². The molecule has 112 valence electrons. The Morgan fingerprint density at radius 2 is 1.95 bits per heavy atom. The van der Waals surface area contributed by atoms with E-state index in [9.17, 15) is 8.78 Å². The lowest BCUT2D eigenvalue weighted by atomic mass is 10.3. The zero-order chi connectivity index (χ0) is 14.7. The van der Waals surface area contributed by atoms with Crippen LogP contribution in [0.5, 0.6) is 0 Å². The van der Waals surface area contributed by atoms with Crippen LogP contribution in [0.4, 0.5) is 20.4 Å². The number of hydrogen-bond donors (Lipinski definition) is 1. The van der Waals surface area contributed by atoms with E-state index in [2.05, 4.69) is 24.1 Å². The number of aromatic nitrogens is 1. The number of rotatable bonds is 4. The first kappa shape index (κ1) is 15.4. The monoisotopic (exact) mass is 301 g/mol. The van der Waals surface area contributed by atoms with Crippen molar-refractivity contribution in [3.63, 3.8) is 0 Å². The number of thioether (sulfide) groups is 1. The number of nitrogens with zero attached hydrogens (tertiary/aromatic N) is 2. The fourth-order valence-corrected chi connectivity index (χ4v) is 3.72. The topological polar surface area (TPSA) is 28.2 Å². The minimum Gasteiger partial charge on any atom is -0.368 e. The average Bonchev–Trinajstić information content (AvgIpc) is 2.36. The van der Waals surface area contributed by atoms with Gasteiger partial charge in [0, 0.05) is 36.2 Å². The molecule has 0 radical (unpaired) electrons. The Labute approximate surface area is 123 Å². The van der Waals surface area contributed by atoms with Gasteiger partial charge in [-0.2, -0.15) is 11.8 Å². The number of anilines is 2. The van der Waals surface area contributed by atoms with Gasteiger partial charge in [-0.05, 0) is 6.42 Å². The largest absolute Gasteiger partial charge is 0.368 e. The first-order valence-corrected chi connectivity index (χ1v) is 7.95. The maximum Gasteiger partial charge on any atom is 0.168 e. The summed E-state index contributed by atoms with van der Waals surface area (Å²) in [5.74, 6) is -0.825. The Balaban J connectivity index is 2.25. The molecule has 2 atom stereocenters. The number of halogens is 2. The molecule has 0 aromatic carbocycles. The zero-order valence-corrected chi connectivity index (χ0v) is 12.9. The minimum atomic E-state index is -0.632. The summed E-state index contributed by atoms with van der Waals surface area (Å²) in [7, 11) is 0. The van der Waals surface area contributed by atoms with Crippen molar-refractivity contribution < 1.29 is 8.78 Å². The second-order valence-electron chi connectivity index (χ2n) is 5.21. The van der Waals surface area contributed by atoms with Crippen LogP contribution in [0.2, 0.25) is 0 Å². The van der Waals surface area contributed by atoms with Gasteiger partial charge in [-0.15, -0.1) is 0 Å². The van der Waals surface area contributed by atoms with E-state index in [1.54, 1.807) is 0 Å². The van der Waals surface area contributed by atoms with Crippen molar-refractivity contribution in [3.8, 4) is 0 Å². The molecule has 2 rings (SSSR count). The van der Waals surface area contributed by atoms with Crippen LogP contribution in [0.1, 0.15) is 27.2 Å². The Morgan fingerprint density at radius 3 is 2.55 bits per heavy atom. The van der Waals surface area contributed by atoms with Crippen molar-refractivity contribution in [2.75, 3.05) is 29.9 Å². The van der Waals surface area contributed by atoms with Crippen LogP contribution in [-0.2, 0) is 0 Å². The molecule has 1 saturated heterocycles. The third kappa shape index (κ3) is 3.53. The van der Waals surface area contributed by atoms with Gasteiger partial charge in [0.25, 0.3) is 0 Å². The van der Waals surface area contributed by atoms with Crippen LogP contribution < -0.4 is 10.2 Å². The molecule has 3 nitrogen and oxygen atoms in total. The molecule has 1 fully saturated rings. The van der Waals surface area contributed by atoms with Crippen molar-refractivity contribution in [2.45, 2.75) is 37.7 Å². The van der Waals surface area contributed by atoms with Gasteiger partial charge >= 0.3 is 0 Å². The minimum absolute atomic E-state index is 0.141. The van der Waals surface area contributed by atoms with Gasteiger partial charge < -0.3 is 10.2 Å². The van der Waals surface area contributed by atoms with E-state index in [4.69, 9.17) is 0 Å². The maximum atomic E-state index is 14.0. The smallest absolute Gasteiger partial charge is 0.168 e. The van der Waals surface area contributed by atoms with E-state index < -0.39 is 11.6 Å². The number of pyridine rings is 1. The molecular weight excluding hydrogens is 280 g/mol. The lowest BCUT2D eigenvalue weighted by Gasteiger charge is -2.35.